The van der Waals surface area contributed by atoms with Gasteiger partial charge in [0.05, 0.1) is 0 Å². The summed E-state index contributed by atoms with van der Waals surface area (Å²) in [6, 6.07) is 5.71. The Labute approximate surface area is 114 Å². The summed E-state index contributed by atoms with van der Waals surface area (Å²) in [6.45, 7) is 1.39. The molecule has 5 amide bonds. The van der Waals surface area contributed by atoms with E-state index in [1.54, 1.807) is 24.3 Å². The first kappa shape index (κ1) is 13.5. The number of imide groups is 2. The van der Waals surface area contributed by atoms with Crippen LogP contribution in [-0.4, -0.2) is 23.8 Å². The van der Waals surface area contributed by atoms with Crippen molar-refractivity contribution in [1.82, 2.24) is 10.6 Å². The number of nitrogens with one attached hydrogen (secondary N) is 3. The van der Waals surface area contributed by atoms with Gasteiger partial charge in [-0.05, 0) is 23.8 Å². The Morgan fingerprint density at radius 3 is 2.10 bits per heavy atom. The number of carbonyl (C=O) groups excluding carboxylic acids is 4. The van der Waals surface area contributed by atoms with Crippen LogP contribution in [0.4, 0.5) is 10.5 Å². The highest BCUT2D eigenvalue weighted by molar-refractivity contribution is 6.31. The fourth-order valence-corrected chi connectivity index (χ4v) is 1.64. The average molecular weight is 273 g/mol. The molecule has 1 aromatic carbocycles. The average Bonchev–Trinajstić information content (AvgIpc) is 2.35. The van der Waals surface area contributed by atoms with Crippen molar-refractivity contribution in [3.63, 3.8) is 0 Å². The molecule has 1 aliphatic heterocycles. The molecule has 2 rings (SSSR count). The lowest BCUT2D eigenvalue weighted by atomic mass is 10.1. The third kappa shape index (κ3) is 3.08. The number of hydrogen-bond donors (Lipinski definition) is 3. The molecule has 1 aromatic rings. The quantitative estimate of drug-likeness (QED) is 0.535. The predicted molar refractivity (Wildman–Crippen MR) is 70.4 cm³/mol. The highest BCUT2D eigenvalue weighted by Gasteiger charge is 2.27. The number of hydrogen-bond acceptors (Lipinski definition) is 4. The van der Waals surface area contributed by atoms with Gasteiger partial charge >= 0.3 is 6.03 Å². The number of carbonyl (C=O) groups is 4. The SMILES string of the molecule is CC(=O)Nc1ccc(C=C2C(=O)NC(=O)NC2=O)cc1. The van der Waals surface area contributed by atoms with E-state index in [4.69, 9.17) is 0 Å². The Kier molecular flexibility index (Phi) is 3.60. The van der Waals surface area contributed by atoms with Crippen LogP contribution in [0, 0.1) is 0 Å². The minimum Gasteiger partial charge on any atom is -0.326 e. The molecule has 7 nitrogen and oxygen atoms in total. The molecular weight excluding hydrogens is 262 g/mol. The molecule has 0 radical (unpaired) electrons. The van der Waals surface area contributed by atoms with Crippen molar-refractivity contribution in [1.29, 1.82) is 0 Å². The van der Waals surface area contributed by atoms with Gasteiger partial charge < -0.3 is 5.32 Å². The van der Waals surface area contributed by atoms with Gasteiger partial charge in [0.25, 0.3) is 11.8 Å². The Morgan fingerprint density at radius 1 is 1.05 bits per heavy atom. The molecule has 3 N–H and O–H groups in total. The van der Waals surface area contributed by atoms with Gasteiger partial charge in [-0.3, -0.25) is 25.0 Å². The van der Waals surface area contributed by atoms with Crippen LogP contribution in [0.5, 0.6) is 0 Å². The largest absolute Gasteiger partial charge is 0.328 e. The molecule has 0 spiro atoms. The van der Waals surface area contributed by atoms with Crippen LogP contribution in [0.2, 0.25) is 0 Å². The number of benzene rings is 1. The molecular formula is C13H11N3O4. The van der Waals surface area contributed by atoms with Crippen LogP contribution in [0.3, 0.4) is 0 Å². The summed E-state index contributed by atoms with van der Waals surface area (Å²) in [4.78, 5) is 44.8. The molecule has 1 fully saturated rings. The van der Waals surface area contributed by atoms with Gasteiger partial charge in [0, 0.05) is 12.6 Å². The first-order valence-corrected chi connectivity index (χ1v) is 5.72. The van der Waals surface area contributed by atoms with Gasteiger partial charge in [-0.2, -0.15) is 0 Å². The van der Waals surface area contributed by atoms with E-state index >= 15 is 0 Å². The van der Waals surface area contributed by atoms with Crippen LogP contribution in [0.15, 0.2) is 29.8 Å². The minimum absolute atomic E-state index is 0.156. The second-order valence-corrected chi connectivity index (χ2v) is 4.10. The summed E-state index contributed by atoms with van der Waals surface area (Å²) < 4.78 is 0. The van der Waals surface area contributed by atoms with Crippen molar-refractivity contribution in [2.24, 2.45) is 0 Å². The molecule has 0 bridgehead atoms. The van der Waals surface area contributed by atoms with E-state index in [2.05, 4.69) is 5.32 Å². The fraction of sp³-hybridized carbons (Fsp3) is 0.0769. The highest BCUT2D eigenvalue weighted by Crippen LogP contribution is 2.13. The maximum atomic E-state index is 11.5. The molecule has 20 heavy (non-hydrogen) atoms. The van der Waals surface area contributed by atoms with Crippen LogP contribution >= 0.6 is 0 Å². The monoisotopic (exact) mass is 273 g/mol. The Hall–Kier alpha value is -2.96. The molecule has 1 saturated heterocycles. The van der Waals surface area contributed by atoms with E-state index in [-0.39, 0.29) is 11.5 Å². The summed E-state index contributed by atoms with van der Waals surface area (Å²) in [6.07, 6.45) is 1.36. The van der Waals surface area contributed by atoms with Crippen LogP contribution in [0.25, 0.3) is 6.08 Å². The molecule has 0 aromatic heterocycles. The summed E-state index contributed by atoms with van der Waals surface area (Å²) in [5.41, 5.74) is 1.04. The topological polar surface area (TPSA) is 104 Å². The summed E-state index contributed by atoms with van der Waals surface area (Å²) in [5, 5.41) is 6.56. The zero-order chi connectivity index (χ0) is 14.7. The standard InChI is InChI=1S/C13H11N3O4/c1-7(17)14-9-4-2-8(3-5-9)6-10-11(18)15-13(20)16-12(10)19/h2-6H,1H3,(H,14,17)(H2,15,16,18,19,20). The smallest absolute Gasteiger partial charge is 0.326 e. The molecule has 1 heterocycles. The Morgan fingerprint density at radius 2 is 1.60 bits per heavy atom. The third-order valence-corrected chi connectivity index (χ3v) is 2.49. The lowest BCUT2D eigenvalue weighted by molar-refractivity contribution is -0.124. The van der Waals surface area contributed by atoms with Crippen LogP contribution < -0.4 is 16.0 Å². The fourth-order valence-electron chi connectivity index (χ4n) is 1.64. The summed E-state index contributed by atoms with van der Waals surface area (Å²) in [5.74, 6) is -1.69. The van der Waals surface area contributed by atoms with Crippen LogP contribution in [0.1, 0.15) is 12.5 Å². The Balaban J connectivity index is 2.22. The van der Waals surface area contributed by atoms with Gasteiger partial charge in [-0.1, -0.05) is 12.1 Å². The van der Waals surface area contributed by atoms with Gasteiger partial charge in [0.15, 0.2) is 0 Å². The van der Waals surface area contributed by atoms with Gasteiger partial charge in [-0.15, -0.1) is 0 Å². The Bertz CT molecular complexity index is 610. The van der Waals surface area contributed by atoms with E-state index in [9.17, 15) is 19.2 Å². The second kappa shape index (κ2) is 5.35. The number of amides is 5. The van der Waals surface area contributed by atoms with Crippen molar-refractivity contribution < 1.29 is 19.2 Å². The van der Waals surface area contributed by atoms with E-state index in [1.165, 1.54) is 13.0 Å². The zero-order valence-electron chi connectivity index (χ0n) is 10.5. The maximum absolute atomic E-state index is 11.5. The molecule has 0 atom stereocenters. The molecule has 0 unspecified atom stereocenters. The normalized spacial score (nSPS) is 14.4. The first-order chi connectivity index (χ1) is 9.45. The van der Waals surface area contributed by atoms with E-state index in [0.29, 0.717) is 11.3 Å². The van der Waals surface area contributed by atoms with Gasteiger partial charge in [0.1, 0.15) is 5.57 Å². The lowest BCUT2D eigenvalue weighted by Gasteiger charge is -2.13. The van der Waals surface area contributed by atoms with Crippen molar-refractivity contribution in [3.05, 3.63) is 35.4 Å². The lowest BCUT2D eigenvalue weighted by Crippen LogP contribution is -2.51. The van der Waals surface area contributed by atoms with Crippen molar-refractivity contribution >= 4 is 35.5 Å². The van der Waals surface area contributed by atoms with Crippen molar-refractivity contribution in [2.45, 2.75) is 6.92 Å². The molecule has 7 heteroatoms. The van der Waals surface area contributed by atoms with Crippen molar-refractivity contribution in [2.75, 3.05) is 5.32 Å². The number of barbiturate groups is 1. The molecule has 0 aliphatic carbocycles. The van der Waals surface area contributed by atoms with Gasteiger partial charge in [0.2, 0.25) is 5.91 Å². The zero-order valence-corrected chi connectivity index (χ0v) is 10.5. The van der Waals surface area contributed by atoms with Gasteiger partial charge in [-0.25, -0.2) is 4.79 Å². The van der Waals surface area contributed by atoms with Crippen molar-refractivity contribution in [3.8, 4) is 0 Å². The number of urea groups is 1. The highest BCUT2D eigenvalue weighted by atomic mass is 16.2. The third-order valence-electron chi connectivity index (χ3n) is 2.49. The minimum atomic E-state index is -0.835. The summed E-state index contributed by atoms with van der Waals surface area (Å²) >= 11 is 0. The van der Waals surface area contributed by atoms with E-state index < -0.39 is 17.8 Å². The molecule has 1 aliphatic rings. The summed E-state index contributed by atoms with van der Waals surface area (Å²) in [7, 11) is 0. The molecule has 0 saturated carbocycles. The number of rotatable bonds is 2. The number of anilines is 1. The maximum Gasteiger partial charge on any atom is 0.328 e. The molecule has 102 valence electrons. The van der Waals surface area contributed by atoms with E-state index in [1.807, 2.05) is 10.6 Å². The van der Waals surface area contributed by atoms with Crippen LogP contribution in [-0.2, 0) is 14.4 Å². The van der Waals surface area contributed by atoms with E-state index in [0.717, 1.165) is 0 Å². The first-order valence-electron chi connectivity index (χ1n) is 5.72. The second-order valence-electron chi connectivity index (χ2n) is 4.10. The predicted octanol–water partition coefficient (Wildman–Crippen LogP) is 0.394.